The zero-order chi connectivity index (χ0) is 38.9. The molecule has 8 rings (SSSR count). The molecule has 0 bridgehead atoms. The number of methoxy groups -OCH3 is 2. The molecule has 4 amide bonds. The maximum Gasteiger partial charge on any atom is 0.335 e. The second kappa shape index (κ2) is 13.5. The van der Waals surface area contributed by atoms with Crippen molar-refractivity contribution < 1.29 is 43.7 Å². The first-order chi connectivity index (χ1) is 26.4. The molecule has 14 heteroatoms. The number of nitrogens with one attached hydrogen (secondary N) is 1. The Morgan fingerprint density at radius 2 is 1.64 bits per heavy atom. The van der Waals surface area contributed by atoms with Crippen LogP contribution in [0.1, 0.15) is 40.2 Å². The van der Waals surface area contributed by atoms with Crippen molar-refractivity contribution >= 4 is 64.2 Å². The molecule has 280 valence electrons. The van der Waals surface area contributed by atoms with Gasteiger partial charge in [0.25, 0.3) is 11.8 Å². The van der Waals surface area contributed by atoms with Gasteiger partial charge in [-0.1, -0.05) is 59.1 Å². The first-order valence-corrected chi connectivity index (χ1v) is 18.2. The average Bonchev–Trinajstić information content (AvgIpc) is 3.56. The zero-order valence-electron chi connectivity index (χ0n) is 29.4. The number of carboxylic acid groups (broad SMARTS) is 1. The summed E-state index contributed by atoms with van der Waals surface area (Å²) >= 11 is 12.7. The molecule has 0 aromatic heterocycles. The van der Waals surface area contributed by atoms with E-state index < -0.39 is 64.6 Å². The number of hydrogen-bond donors (Lipinski definition) is 3. The van der Waals surface area contributed by atoms with Crippen LogP contribution in [-0.4, -0.2) is 59.0 Å². The Kier molecular flexibility index (Phi) is 8.85. The van der Waals surface area contributed by atoms with Crippen LogP contribution in [-0.2, 0) is 24.6 Å². The minimum Gasteiger partial charge on any atom is -0.504 e. The van der Waals surface area contributed by atoms with Gasteiger partial charge in [0, 0.05) is 10.9 Å². The summed E-state index contributed by atoms with van der Waals surface area (Å²) in [6, 6.07) is 21.9. The second-order valence-corrected chi connectivity index (χ2v) is 14.9. The highest BCUT2D eigenvalue weighted by atomic mass is 35.5. The van der Waals surface area contributed by atoms with Crippen LogP contribution in [0.5, 0.6) is 17.2 Å². The molecule has 0 spiro atoms. The molecule has 2 aliphatic carbocycles. The lowest BCUT2D eigenvalue weighted by Gasteiger charge is -2.50. The van der Waals surface area contributed by atoms with Gasteiger partial charge in [-0.2, -0.15) is 5.01 Å². The van der Waals surface area contributed by atoms with Gasteiger partial charge in [-0.3, -0.25) is 29.5 Å². The molecule has 12 nitrogen and oxygen atoms in total. The summed E-state index contributed by atoms with van der Waals surface area (Å²) in [6.07, 6.45) is 2.03. The van der Waals surface area contributed by atoms with Crippen LogP contribution in [0.25, 0.3) is 0 Å². The van der Waals surface area contributed by atoms with Crippen LogP contribution < -0.4 is 19.8 Å². The number of fused-ring (bicyclic) bond motifs is 4. The van der Waals surface area contributed by atoms with E-state index in [4.69, 9.17) is 32.7 Å². The average molecular weight is 783 g/mol. The van der Waals surface area contributed by atoms with Crippen molar-refractivity contribution in [3.8, 4) is 17.2 Å². The molecular weight excluding hydrogens is 749 g/mol. The number of hydrazine groups is 1. The molecule has 3 N–H and O–H groups in total. The van der Waals surface area contributed by atoms with E-state index in [2.05, 4.69) is 5.43 Å². The minimum absolute atomic E-state index is 0.0107. The minimum atomic E-state index is -1.63. The predicted molar refractivity (Wildman–Crippen MR) is 201 cm³/mol. The normalized spacial score (nSPS) is 25.6. The van der Waals surface area contributed by atoms with E-state index in [0.29, 0.717) is 27.5 Å². The molecule has 2 heterocycles. The van der Waals surface area contributed by atoms with Crippen LogP contribution >= 0.6 is 23.2 Å². The molecule has 1 saturated carbocycles. The number of amides is 4. The molecule has 0 radical (unpaired) electrons. The van der Waals surface area contributed by atoms with Crippen LogP contribution in [0.2, 0.25) is 10.0 Å². The number of imide groups is 2. The lowest BCUT2D eigenvalue weighted by Crippen LogP contribution is -2.53. The highest BCUT2D eigenvalue weighted by molar-refractivity contribution is 6.36. The van der Waals surface area contributed by atoms with Crippen molar-refractivity contribution in [2.45, 2.75) is 24.2 Å². The first-order valence-electron chi connectivity index (χ1n) is 17.4. The van der Waals surface area contributed by atoms with Crippen molar-refractivity contribution in [1.82, 2.24) is 5.01 Å². The highest BCUT2D eigenvalue weighted by Crippen LogP contribution is 2.64. The molecule has 6 atom stereocenters. The Balaban J connectivity index is 1.33. The molecular formula is C41H33Cl2N3O9. The van der Waals surface area contributed by atoms with E-state index in [1.54, 1.807) is 48.5 Å². The molecule has 55 heavy (non-hydrogen) atoms. The fraction of sp³-hybridized carbons (Fsp3) is 0.244. The van der Waals surface area contributed by atoms with Gasteiger partial charge in [0.1, 0.15) is 5.75 Å². The van der Waals surface area contributed by atoms with Gasteiger partial charge in [-0.15, -0.1) is 0 Å². The summed E-state index contributed by atoms with van der Waals surface area (Å²) in [5, 5.41) is 22.3. The zero-order valence-corrected chi connectivity index (χ0v) is 30.9. The molecule has 3 fully saturated rings. The van der Waals surface area contributed by atoms with E-state index in [1.807, 2.05) is 6.08 Å². The number of rotatable bonds is 8. The van der Waals surface area contributed by atoms with Crippen molar-refractivity contribution in [2.24, 2.45) is 23.7 Å². The number of benzene rings is 4. The standard InChI is InChI=1S/C41H33Cl2N3O9/c1-54-25-10-7-22(8-11-25)41-29(37(49)46(40(41)53)44-31-14-9-23(42)18-30(31)43)19-28-26(35(41)20-6-15-33(55-2)32(47)17-20)12-13-27-34(28)38(50)45(36(27)48)24-5-3-4-21(16-24)39(51)52/h3-12,14-18,27-29,34-35,44,47H,13,19H2,1-2H3,(H,51,52). The van der Waals surface area contributed by atoms with Gasteiger partial charge in [0.2, 0.25) is 11.8 Å². The number of nitrogens with zero attached hydrogens (tertiary/aromatic N) is 2. The Morgan fingerprint density at radius 3 is 2.31 bits per heavy atom. The SMILES string of the molecule is COc1ccc(C23C(=O)N(Nc4ccc(Cl)cc4Cl)C(=O)C2CC2C(=CCC4C(=O)N(c5cccc(C(=O)O)c5)C(=O)C42)C3c2ccc(OC)c(O)c2)cc1. The largest absolute Gasteiger partial charge is 0.504 e. The Hall–Kier alpha value is -5.85. The number of hydrogen-bond acceptors (Lipinski definition) is 9. The Labute approximate surface area is 324 Å². The van der Waals surface area contributed by atoms with Crippen molar-refractivity contribution in [3.63, 3.8) is 0 Å². The van der Waals surface area contributed by atoms with E-state index >= 15 is 4.79 Å². The Bertz CT molecular complexity index is 2350. The van der Waals surface area contributed by atoms with E-state index in [0.717, 1.165) is 9.91 Å². The van der Waals surface area contributed by atoms with Gasteiger partial charge >= 0.3 is 5.97 Å². The van der Waals surface area contributed by atoms with E-state index in [-0.39, 0.29) is 46.3 Å². The first kappa shape index (κ1) is 36.1. The predicted octanol–water partition coefficient (Wildman–Crippen LogP) is 6.60. The fourth-order valence-electron chi connectivity index (χ4n) is 9.14. The summed E-state index contributed by atoms with van der Waals surface area (Å²) < 4.78 is 10.8. The number of phenols is 1. The number of aromatic hydroxyl groups is 1. The Morgan fingerprint density at radius 1 is 0.873 bits per heavy atom. The van der Waals surface area contributed by atoms with Crippen molar-refractivity contribution in [1.29, 1.82) is 0 Å². The van der Waals surface area contributed by atoms with Crippen molar-refractivity contribution in [3.05, 3.63) is 123 Å². The van der Waals surface area contributed by atoms with Crippen LogP contribution in [0.15, 0.2) is 96.6 Å². The van der Waals surface area contributed by atoms with Crippen molar-refractivity contribution in [2.75, 3.05) is 24.5 Å². The molecule has 2 saturated heterocycles. The smallest absolute Gasteiger partial charge is 0.335 e. The molecule has 4 aliphatic rings. The van der Waals surface area contributed by atoms with Crippen LogP contribution in [0, 0.1) is 23.7 Å². The maximum atomic E-state index is 15.4. The third-order valence-electron chi connectivity index (χ3n) is 11.5. The topological polar surface area (TPSA) is 163 Å². The number of phenolic OH excluding ortho intramolecular Hbond substituents is 1. The van der Waals surface area contributed by atoms with Gasteiger partial charge in [-0.25, -0.2) is 4.79 Å². The summed E-state index contributed by atoms with van der Waals surface area (Å²) in [5.41, 5.74) is 3.24. The number of carbonyl (C=O) groups is 5. The van der Waals surface area contributed by atoms with E-state index in [9.17, 15) is 29.4 Å². The molecule has 4 aromatic carbocycles. The van der Waals surface area contributed by atoms with Gasteiger partial charge in [-0.05, 0) is 90.6 Å². The summed E-state index contributed by atoms with van der Waals surface area (Å²) in [4.78, 5) is 71.8. The quantitative estimate of drug-likeness (QED) is 0.131. The number of carbonyl (C=O) groups excluding carboxylic acids is 4. The molecule has 2 aliphatic heterocycles. The van der Waals surface area contributed by atoms with Crippen LogP contribution in [0.4, 0.5) is 11.4 Å². The van der Waals surface area contributed by atoms with Gasteiger partial charge < -0.3 is 19.7 Å². The summed E-state index contributed by atoms with van der Waals surface area (Å²) in [6.45, 7) is 0. The number of halogens is 2. The van der Waals surface area contributed by atoms with Gasteiger partial charge in [0.15, 0.2) is 11.5 Å². The number of carboxylic acids is 1. The number of aromatic carboxylic acids is 1. The van der Waals surface area contributed by atoms with E-state index in [1.165, 1.54) is 50.6 Å². The monoisotopic (exact) mass is 781 g/mol. The summed E-state index contributed by atoms with van der Waals surface area (Å²) in [7, 11) is 2.93. The number of ether oxygens (including phenoxy) is 2. The van der Waals surface area contributed by atoms with Crippen LogP contribution in [0.3, 0.4) is 0 Å². The maximum absolute atomic E-state index is 15.4. The summed E-state index contributed by atoms with van der Waals surface area (Å²) in [5.74, 6) is -7.35. The lowest BCUT2D eigenvalue weighted by atomic mass is 9.49. The number of allylic oxidation sites excluding steroid dienone is 2. The highest BCUT2D eigenvalue weighted by Gasteiger charge is 2.70. The number of anilines is 2. The molecule has 4 aromatic rings. The fourth-order valence-corrected chi connectivity index (χ4v) is 9.59. The molecule has 6 unspecified atom stereocenters. The second-order valence-electron chi connectivity index (χ2n) is 14.0. The third-order valence-corrected chi connectivity index (χ3v) is 12.0. The third kappa shape index (κ3) is 5.45. The lowest BCUT2D eigenvalue weighted by molar-refractivity contribution is -0.138. The van der Waals surface area contributed by atoms with Gasteiger partial charge in [0.05, 0.1) is 59.3 Å².